The first-order valence-corrected chi connectivity index (χ1v) is 9.02. The SMILES string of the molecule is Cc1ccc(-c2cn3ccccc3n2)cc1NC(=O)c1cc2ccccc2o1. The minimum absolute atomic E-state index is 0.272. The number of rotatable bonds is 3. The Hall–Kier alpha value is -3.86. The van der Waals surface area contributed by atoms with Crippen LogP contribution in [0.1, 0.15) is 16.1 Å². The molecule has 0 fully saturated rings. The van der Waals surface area contributed by atoms with Gasteiger partial charge in [-0.15, -0.1) is 0 Å². The predicted molar refractivity (Wildman–Crippen MR) is 110 cm³/mol. The molecule has 3 aromatic heterocycles. The zero-order valence-corrected chi connectivity index (χ0v) is 15.2. The molecule has 3 heterocycles. The summed E-state index contributed by atoms with van der Waals surface area (Å²) < 4.78 is 7.64. The van der Waals surface area contributed by atoms with Crippen LogP contribution in [0.2, 0.25) is 0 Å². The number of hydrogen-bond donors (Lipinski definition) is 1. The predicted octanol–water partition coefficient (Wildman–Crippen LogP) is 5.31. The monoisotopic (exact) mass is 367 g/mol. The lowest BCUT2D eigenvalue weighted by atomic mass is 10.1. The fourth-order valence-corrected chi connectivity index (χ4v) is 3.27. The molecule has 0 aliphatic rings. The zero-order valence-electron chi connectivity index (χ0n) is 15.2. The highest BCUT2D eigenvalue weighted by molar-refractivity contribution is 6.05. The number of anilines is 1. The van der Waals surface area contributed by atoms with E-state index in [0.717, 1.165) is 33.5 Å². The van der Waals surface area contributed by atoms with E-state index in [1.165, 1.54) is 0 Å². The van der Waals surface area contributed by atoms with Crippen molar-refractivity contribution in [1.82, 2.24) is 9.38 Å². The maximum Gasteiger partial charge on any atom is 0.291 e. The van der Waals surface area contributed by atoms with Gasteiger partial charge in [-0.25, -0.2) is 4.98 Å². The van der Waals surface area contributed by atoms with Crippen molar-refractivity contribution in [2.24, 2.45) is 0 Å². The summed E-state index contributed by atoms with van der Waals surface area (Å²) >= 11 is 0. The van der Waals surface area contributed by atoms with E-state index in [1.54, 1.807) is 6.07 Å². The van der Waals surface area contributed by atoms with Crippen LogP contribution in [-0.4, -0.2) is 15.3 Å². The van der Waals surface area contributed by atoms with Crippen molar-refractivity contribution in [2.45, 2.75) is 6.92 Å². The number of imidazole rings is 1. The van der Waals surface area contributed by atoms with Crippen LogP contribution in [-0.2, 0) is 0 Å². The number of amides is 1. The van der Waals surface area contributed by atoms with Gasteiger partial charge in [0.25, 0.3) is 5.91 Å². The van der Waals surface area contributed by atoms with Crippen LogP contribution in [0.15, 0.2) is 83.5 Å². The molecule has 136 valence electrons. The van der Waals surface area contributed by atoms with E-state index in [-0.39, 0.29) is 5.91 Å². The molecule has 28 heavy (non-hydrogen) atoms. The van der Waals surface area contributed by atoms with E-state index in [1.807, 2.05) is 84.4 Å². The topological polar surface area (TPSA) is 59.5 Å². The lowest BCUT2D eigenvalue weighted by Crippen LogP contribution is -2.11. The quantitative estimate of drug-likeness (QED) is 0.470. The molecule has 0 saturated heterocycles. The van der Waals surface area contributed by atoms with Gasteiger partial charge in [-0.1, -0.05) is 36.4 Å². The van der Waals surface area contributed by atoms with Crippen LogP contribution < -0.4 is 5.32 Å². The van der Waals surface area contributed by atoms with Gasteiger partial charge in [-0.3, -0.25) is 4.79 Å². The smallest absolute Gasteiger partial charge is 0.291 e. The Morgan fingerprint density at radius 2 is 1.89 bits per heavy atom. The van der Waals surface area contributed by atoms with E-state index >= 15 is 0 Å². The molecule has 0 aliphatic heterocycles. The number of nitrogens with one attached hydrogen (secondary N) is 1. The van der Waals surface area contributed by atoms with Crippen LogP contribution in [0.3, 0.4) is 0 Å². The van der Waals surface area contributed by atoms with Gasteiger partial charge >= 0.3 is 0 Å². The first kappa shape index (κ1) is 16.3. The van der Waals surface area contributed by atoms with Crippen LogP contribution >= 0.6 is 0 Å². The molecule has 1 amide bonds. The summed E-state index contributed by atoms with van der Waals surface area (Å²) in [7, 11) is 0. The van der Waals surface area contributed by atoms with Gasteiger partial charge in [0, 0.05) is 29.0 Å². The highest BCUT2D eigenvalue weighted by Gasteiger charge is 2.14. The third-order valence-electron chi connectivity index (χ3n) is 4.79. The number of pyridine rings is 1. The molecule has 5 heteroatoms. The molecule has 0 saturated carbocycles. The average Bonchev–Trinajstić information content (AvgIpc) is 3.33. The summed E-state index contributed by atoms with van der Waals surface area (Å²) in [6.07, 6.45) is 3.94. The minimum Gasteiger partial charge on any atom is -0.451 e. The van der Waals surface area contributed by atoms with Gasteiger partial charge in [0.2, 0.25) is 0 Å². The Morgan fingerprint density at radius 3 is 2.75 bits per heavy atom. The van der Waals surface area contributed by atoms with E-state index in [2.05, 4.69) is 10.3 Å². The number of furan rings is 1. The molecule has 0 bridgehead atoms. The summed E-state index contributed by atoms with van der Waals surface area (Å²) in [6, 6.07) is 21.1. The molecule has 0 unspecified atom stereocenters. The lowest BCUT2D eigenvalue weighted by Gasteiger charge is -2.09. The Bertz CT molecular complexity index is 1260. The van der Waals surface area contributed by atoms with Gasteiger partial charge in [-0.05, 0) is 42.8 Å². The van der Waals surface area contributed by atoms with Crippen molar-refractivity contribution in [3.63, 3.8) is 0 Å². The number of para-hydroxylation sites is 1. The second kappa shape index (κ2) is 6.39. The molecule has 5 aromatic rings. The van der Waals surface area contributed by atoms with Gasteiger partial charge < -0.3 is 14.1 Å². The number of carbonyl (C=O) groups excluding carboxylic acids is 1. The third-order valence-corrected chi connectivity index (χ3v) is 4.79. The van der Waals surface area contributed by atoms with Gasteiger partial charge in [0.1, 0.15) is 11.2 Å². The molecule has 5 rings (SSSR count). The summed E-state index contributed by atoms with van der Waals surface area (Å²) in [5.41, 5.74) is 5.07. The molecule has 1 N–H and O–H groups in total. The molecule has 0 spiro atoms. The second-order valence-electron chi connectivity index (χ2n) is 6.72. The maximum absolute atomic E-state index is 12.7. The maximum atomic E-state index is 12.7. The van der Waals surface area contributed by atoms with E-state index < -0.39 is 0 Å². The average molecular weight is 367 g/mol. The third kappa shape index (κ3) is 2.83. The van der Waals surface area contributed by atoms with Crippen molar-refractivity contribution < 1.29 is 9.21 Å². The Labute approximate surface area is 161 Å². The molecular formula is C23H17N3O2. The number of nitrogens with zero attached hydrogens (tertiary/aromatic N) is 2. The van der Waals surface area contributed by atoms with Crippen molar-refractivity contribution >= 4 is 28.2 Å². The highest BCUT2D eigenvalue weighted by Crippen LogP contribution is 2.26. The standard InChI is InChI=1S/C23H17N3O2/c1-15-9-10-16(19-14-26-11-5-4-8-22(26)24-19)12-18(15)25-23(27)21-13-17-6-2-3-7-20(17)28-21/h2-14H,1H3,(H,25,27). The number of aromatic nitrogens is 2. The fraction of sp³-hybridized carbons (Fsp3) is 0.0435. The largest absolute Gasteiger partial charge is 0.451 e. The summed E-state index contributed by atoms with van der Waals surface area (Å²) in [5.74, 6) is 0.0187. The molecular weight excluding hydrogens is 350 g/mol. The van der Waals surface area contributed by atoms with Crippen LogP contribution in [0.25, 0.3) is 27.9 Å². The number of aryl methyl sites for hydroxylation is 1. The van der Waals surface area contributed by atoms with E-state index in [9.17, 15) is 4.79 Å². The number of hydrogen-bond acceptors (Lipinski definition) is 3. The van der Waals surface area contributed by atoms with Crippen molar-refractivity contribution in [3.05, 3.63) is 90.4 Å². The summed E-state index contributed by atoms with van der Waals surface area (Å²) in [4.78, 5) is 17.4. The summed E-state index contributed by atoms with van der Waals surface area (Å²) in [5, 5.41) is 3.87. The number of fused-ring (bicyclic) bond motifs is 2. The van der Waals surface area contributed by atoms with Crippen molar-refractivity contribution in [3.8, 4) is 11.3 Å². The van der Waals surface area contributed by atoms with Crippen molar-refractivity contribution in [2.75, 3.05) is 5.32 Å². The van der Waals surface area contributed by atoms with Crippen LogP contribution in [0.5, 0.6) is 0 Å². The molecule has 0 atom stereocenters. The Balaban J connectivity index is 1.47. The van der Waals surface area contributed by atoms with E-state index in [0.29, 0.717) is 11.3 Å². The lowest BCUT2D eigenvalue weighted by molar-refractivity contribution is 0.0998. The van der Waals surface area contributed by atoms with E-state index in [4.69, 9.17) is 4.42 Å². The normalized spacial score (nSPS) is 11.2. The highest BCUT2D eigenvalue weighted by atomic mass is 16.3. The first-order valence-electron chi connectivity index (χ1n) is 9.02. The zero-order chi connectivity index (χ0) is 19.1. The second-order valence-corrected chi connectivity index (χ2v) is 6.72. The van der Waals surface area contributed by atoms with Gasteiger partial charge in [0.15, 0.2) is 5.76 Å². The number of carbonyl (C=O) groups is 1. The first-order chi connectivity index (χ1) is 13.7. The minimum atomic E-state index is -0.272. The van der Waals surface area contributed by atoms with Gasteiger partial charge in [-0.2, -0.15) is 0 Å². The summed E-state index contributed by atoms with van der Waals surface area (Å²) in [6.45, 7) is 1.96. The molecule has 2 aromatic carbocycles. The Kier molecular flexibility index (Phi) is 3.72. The molecule has 0 radical (unpaired) electrons. The van der Waals surface area contributed by atoms with Crippen LogP contribution in [0, 0.1) is 6.92 Å². The number of benzene rings is 2. The Morgan fingerprint density at radius 1 is 1.04 bits per heavy atom. The molecule has 5 nitrogen and oxygen atoms in total. The van der Waals surface area contributed by atoms with Gasteiger partial charge in [0.05, 0.1) is 5.69 Å². The molecule has 0 aliphatic carbocycles. The van der Waals surface area contributed by atoms with Crippen molar-refractivity contribution in [1.29, 1.82) is 0 Å². The fourth-order valence-electron chi connectivity index (χ4n) is 3.27. The van der Waals surface area contributed by atoms with Crippen LogP contribution in [0.4, 0.5) is 5.69 Å².